The van der Waals surface area contributed by atoms with E-state index in [1.165, 1.54) is 6.92 Å². The fraction of sp³-hybridized carbons (Fsp3) is 0.250. The molecule has 0 saturated carbocycles. The summed E-state index contributed by atoms with van der Waals surface area (Å²) in [5.74, 6) is 6.68. The molecule has 1 amide bonds. The average Bonchev–Trinajstić information content (AvgIpc) is 2.73. The molecule has 0 aliphatic heterocycles. The van der Waals surface area contributed by atoms with Crippen LogP contribution >= 0.6 is 0 Å². The lowest BCUT2D eigenvalue weighted by Crippen LogP contribution is -2.07. The molecular formula is C16H17N3O2. The zero-order valence-electron chi connectivity index (χ0n) is 12.5. The van der Waals surface area contributed by atoms with Crippen molar-refractivity contribution in [1.29, 1.82) is 0 Å². The number of rotatable bonds is 2. The quantitative estimate of drug-likeness (QED) is 0.859. The second-order valence-electron chi connectivity index (χ2n) is 4.59. The summed E-state index contributed by atoms with van der Waals surface area (Å²) in [6.07, 6.45) is 0. The van der Waals surface area contributed by atoms with E-state index >= 15 is 0 Å². The maximum Gasteiger partial charge on any atom is 0.221 e. The normalized spacial score (nSPS) is 9.71. The van der Waals surface area contributed by atoms with Gasteiger partial charge in [0, 0.05) is 19.5 Å². The first-order valence-electron chi connectivity index (χ1n) is 6.48. The van der Waals surface area contributed by atoms with Gasteiger partial charge >= 0.3 is 0 Å². The van der Waals surface area contributed by atoms with Gasteiger partial charge in [-0.15, -0.1) is 0 Å². The van der Waals surface area contributed by atoms with Crippen molar-refractivity contribution < 1.29 is 9.53 Å². The van der Waals surface area contributed by atoms with Gasteiger partial charge in [-0.25, -0.2) is 0 Å². The van der Waals surface area contributed by atoms with Crippen molar-refractivity contribution >= 4 is 11.6 Å². The van der Waals surface area contributed by atoms with Crippen molar-refractivity contribution in [2.75, 3.05) is 12.4 Å². The van der Waals surface area contributed by atoms with Gasteiger partial charge in [-0.3, -0.25) is 9.48 Å². The van der Waals surface area contributed by atoms with Gasteiger partial charge in [0.05, 0.1) is 18.5 Å². The van der Waals surface area contributed by atoms with Crippen molar-refractivity contribution in [3.8, 4) is 17.6 Å². The molecule has 0 fully saturated rings. The standard InChI is InChI=1S/C16H17N3O2/c1-11-16(17-12(2)20)15(18-19(11)3)10-7-13-5-8-14(21-4)9-6-13/h5-6,8-9H,1-4H3,(H,17,20). The molecule has 1 N–H and O–H groups in total. The Morgan fingerprint density at radius 1 is 1.29 bits per heavy atom. The van der Waals surface area contributed by atoms with Crippen LogP contribution in [0.4, 0.5) is 5.69 Å². The molecule has 0 unspecified atom stereocenters. The van der Waals surface area contributed by atoms with Gasteiger partial charge in [0.15, 0.2) is 5.69 Å². The average molecular weight is 283 g/mol. The second-order valence-corrected chi connectivity index (χ2v) is 4.59. The summed E-state index contributed by atoms with van der Waals surface area (Å²) in [7, 11) is 3.44. The van der Waals surface area contributed by atoms with Crippen LogP contribution in [0.2, 0.25) is 0 Å². The molecule has 5 nitrogen and oxygen atoms in total. The Labute approximate surface area is 123 Å². The van der Waals surface area contributed by atoms with Crippen LogP contribution in [0.3, 0.4) is 0 Å². The molecule has 2 rings (SSSR count). The monoisotopic (exact) mass is 283 g/mol. The summed E-state index contributed by atoms with van der Waals surface area (Å²) in [4.78, 5) is 11.3. The third-order valence-electron chi connectivity index (χ3n) is 3.05. The van der Waals surface area contributed by atoms with Gasteiger partial charge < -0.3 is 10.1 Å². The van der Waals surface area contributed by atoms with Crippen LogP contribution in [0.25, 0.3) is 0 Å². The van der Waals surface area contributed by atoms with E-state index in [-0.39, 0.29) is 5.91 Å². The number of hydrogen-bond acceptors (Lipinski definition) is 3. The van der Waals surface area contributed by atoms with Crippen molar-refractivity contribution in [1.82, 2.24) is 9.78 Å². The second kappa shape index (κ2) is 6.14. The lowest BCUT2D eigenvalue weighted by molar-refractivity contribution is -0.114. The van der Waals surface area contributed by atoms with Gasteiger partial charge in [-0.1, -0.05) is 5.92 Å². The molecule has 5 heteroatoms. The van der Waals surface area contributed by atoms with Crippen molar-refractivity contribution in [3.05, 3.63) is 41.2 Å². The first-order chi connectivity index (χ1) is 10.0. The smallest absolute Gasteiger partial charge is 0.221 e. The molecule has 0 aliphatic carbocycles. The van der Waals surface area contributed by atoms with Crippen molar-refractivity contribution in [3.63, 3.8) is 0 Å². The van der Waals surface area contributed by atoms with E-state index in [4.69, 9.17) is 4.74 Å². The molecule has 2 aromatic rings. The Kier molecular flexibility index (Phi) is 4.29. The summed E-state index contributed by atoms with van der Waals surface area (Å²) in [6, 6.07) is 7.45. The number of nitrogens with one attached hydrogen (secondary N) is 1. The van der Waals surface area contributed by atoms with E-state index in [2.05, 4.69) is 22.3 Å². The Morgan fingerprint density at radius 3 is 2.52 bits per heavy atom. The Hall–Kier alpha value is -2.74. The van der Waals surface area contributed by atoms with Gasteiger partial charge in [0.1, 0.15) is 5.75 Å². The predicted molar refractivity (Wildman–Crippen MR) is 81.2 cm³/mol. The molecule has 0 aliphatic rings. The van der Waals surface area contributed by atoms with Crippen LogP contribution < -0.4 is 10.1 Å². The molecule has 0 atom stereocenters. The lowest BCUT2D eigenvalue weighted by atomic mass is 10.2. The van der Waals surface area contributed by atoms with Gasteiger partial charge in [0.2, 0.25) is 5.91 Å². The van der Waals surface area contributed by atoms with E-state index in [0.29, 0.717) is 11.4 Å². The van der Waals surface area contributed by atoms with E-state index < -0.39 is 0 Å². The first-order valence-corrected chi connectivity index (χ1v) is 6.48. The number of anilines is 1. The van der Waals surface area contributed by atoms with Crippen LogP contribution in [0.1, 0.15) is 23.9 Å². The number of carbonyl (C=O) groups is 1. The Morgan fingerprint density at radius 2 is 1.95 bits per heavy atom. The third kappa shape index (κ3) is 3.42. The summed E-state index contributed by atoms with van der Waals surface area (Å²) < 4.78 is 6.80. The molecule has 21 heavy (non-hydrogen) atoms. The predicted octanol–water partition coefficient (Wildman–Crippen LogP) is 2.10. The molecule has 1 heterocycles. The van der Waals surface area contributed by atoms with Crippen LogP contribution in [0, 0.1) is 18.8 Å². The van der Waals surface area contributed by atoms with Crippen molar-refractivity contribution in [2.24, 2.45) is 7.05 Å². The number of aromatic nitrogens is 2. The number of aryl methyl sites for hydroxylation is 1. The Balaban J connectivity index is 2.33. The van der Waals surface area contributed by atoms with E-state index in [1.807, 2.05) is 38.2 Å². The minimum Gasteiger partial charge on any atom is -0.497 e. The molecule has 0 saturated heterocycles. The molecule has 0 radical (unpaired) electrons. The highest BCUT2D eigenvalue weighted by molar-refractivity contribution is 5.90. The number of amides is 1. The number of methoxy groups -OCH3 is 1. The first kappa shape index (κ1) is 14.7. The summed E-state index contributed by atoms with van der Waals surface area (Å²) in [5, 5.41) is 7.09. The summed E-state index contributed by atoms with van der Waals surface area (Å²) >= 11 is 0. The molecule has 0 bridgehead atoms. The Bertz CT molecular complexity index is 718. The molecule has 1 aromatic carbocycles. The molecule has 0 spiro atoms. The zero-order valence-corrected chi connectivity index (χ0v) is 12.5. The fourth-order valence-corrected chi connectivity index (χ4v) is 1.83. The highest BCUT2D eigenvalue weighted by Crippen LogP contribution is 2.18. The van der Waals surface area contributed by atoms with E-state index in [1.54, 1.807) is 11.8 Å². The third-order valence-corrected chi connectivity index (χ3v) is 3.05. The summed E-state index contributed by atoms with van der Waals surface area (Å²) in [5.41, 5.74) is 2.93. The van der Waals surface area contributed by atoms with Crippen LogP contribution in [-0.4, -0.2) is 22.8 Å². The fourth-order valence-electron chi connectivity index (χ4n) is 1.83. The summed E-state index contributed by atoms with van der Waals surface area (Å²) in [6.45, 7) is 3.35. The zero-order chi connectivity index (χ0) is 15.4. The highest BCUT2D eigenvalue weighted by atomic mass is 16.5. The van der Waals surface area contributed by atoms with Crippen LogP contribution in [-0.2, 0) is 11.8 Å². The number of ether oxygens (including phenoxy) is 1. The SMILES string of the molecule is COc1ccc(C#Cc2nn(C)c(C)c2NC(C)=O)cc1. The maximum atomic E-state index is 11.3. The molecule has 1 aromatic heterocycles. The van der Waals surface area contributed by atoms with Crippen LogP contribution in [0.5, 0.6) is 5.75 Å². The highest BCUT2D eigenvalue weighted by Gasteiger charge is 2.12. The number of carbonyl (C=O) groups excluding carboxylic acids is 1. The van der Waals surface area contributed by atoms with E-state index in [0.717, 1.165) is 17.0 Å². The maximum absolute atomic E-state index is 11.3. The number of hydrogen-bond donors (Lipinski definition) is 1. The number of benzene rings is 1. The van der Waals surface area contributed by atoms with Crippen LogP contribution in [0.15, 0.2) is 24.3 Å². The lowest BCUT2D eigenvalue weighted by Gasteiger charge is -2.00. The van der Waals surface area contributed by atoms with Gasteiger partial charge in [-0.05, 0) is 37.1 Å². The van der Waals surface area contributed by atoms with Gasteiger partial charge in [-0.2, -0.15) is 5.10 Å². The van der Waals surface area contributed by atoms with E-state index in [9.17, 15) is 4.79 Å². The topological polar surface area (TPSA) is 56.1 Å². The minimum atomic E-state index is -0.140. The van der Waals surface area contributed by atoms with Crippen molar-refractivity contribution in [2.45, 2.75) is 13.8 Å². The van der Waals surface area contributed by atoms with Gasteiger partial charge in [0.25, 0.3) is 0 Å². The minimum absolute atomic E-state index is 0.140. The molecule has 108 valence electrons. The molecular weight excluding hydrogens is 266 g/mol. The largest absolute Gasteiger partial charge is 0.497 e. The number of nitrogens with zero attached hydrogens (tertiary/aromatic N) is 2.